The van der Waals surface area contributed by atoms with Crippen molar-refractivity contribution in [1.82, 2.24) is 4.90 Å². The smallest absolute Gasteiger partial charge is 0.120 e. The summed E-state index contributed by atoms with van der Waals surface area (Å²) in [7, 11) is 0. The van der Waals surface area contributed by atoms with Crippen molar-refractivity contribution in [3.63, 3.8) is 0 Å². The molecule has 0 unspecified atom stereocenters. The number of aliphatic hydroxyl groups excluding tert-OH is 2. The molecule has 2 N–H and O–H groups in total. The van der Waals surface area contributed by atoms with Crippen LogP contribution < -0.4 is 0 Å². The molecule has 0 saturated heterocycles. The molecular formula is C19H27NO3. The number of hydrogen-bond acceptors (Lipinski definition) is 4. The third kappa shape index (κ3) is 4.67. The van der Waals surface area contributed by atoms with Crippen molar-refractivity contribution in [2.75, 3.05) is 19.8 Å². The van der Waals surface area contributed by atoms with Crippen LogP contribution in [0.1, 0.15) is 49.6 Å². The monoisotopic (exact) mass is 317 g/mol. The molecular weight excluding hydrogens is 290 g/mol. The summed E-state index contributed by atoms with van der Waals surface area (Å²) >= 11 is 0. The van der Waals surface area contributed by atoms with E-state index < -0.39 is 0 Å². The number of furan rings is 1. The van der Waals surface area contributed by atoms with Crippen LogP contribution in [0.2, 0.25) is 0 Å². The van der Waals surface area contributed by atoms with Gasteiger partial charge >= 0.3 is 0 Å². The Morgan fingerprint density at radius 2 is 1.83 bits per heavy atom. The van der Waals surface area contributed by atoms with Crippen molar-refractivity contribution in [1.29, 1.82) is 0 Å². The van der Waals surface area contributed by atoms with Gasteiger partial charge in [-0.15, -0.1) is 0 Å². The van der Waals surface area contributed by atoms with E-state index in [0.29, 0.717) is 6.54 Å². The SMILES string of the molecule is CCCC[C@H](c1ccco1)N(CCO)[C@H](CO)c1ccccc1. The Morgan fingerprint density at radius 3 is 2.39 bits per heavy atom. The molecule has 2 aromatic rings. The molecule has 1 aromatic carbocycles. The molecule has 1 aromatic heterocycles. The second kappa shape index (κ2) is 9.50. The lowest BCUT2D eigenvalue weighted by Gasteiger charge is -2.36. The van der Waals surface area contributed by atoms with E-state index in [4.69, 9.17) is 4.42 Å². The van der Waals surface area contributed by atoms with Crippen LogP contribution in [0.15, 0.2) is 53.1 Å². The Bertz CT molecular complexity index is 527. The molecule has 1 heterocycles. The number of aliphatic hydroxyl groups is 2. The summed E-state index contributed by atoms with van der Waals surface area (Å²) in [6.45, 7) is 2.71. The van der Waals surface area contributed by atoms with E-state index in [1.54, 1.807) is 6.26 Å². The molecule has 23 heavy (non-hydrogen) atoms. The Balaban J connectivity index is 2.31. The van der Waals surface area contributed by atoms with Crippen LogP contribution in [-0.4, -0.2) is 34.9 Å². The summed E-state index contributed by atoms with van der Waals surface area (Å²) in [5.41, 5.74) is 1.05. The highest BCUT2D eigenvalue weighted by Gasteiger charge is 2.29. The Kier molecular flexibility index (Phi) is 7.33. The summed E-state index contributed by atoms with van der Waals surface area (Å²) in [6.07, 6.45) is 4.79. The second-order valence-electron chi connectivity index (χ2n) is 5.74. The molecule has 0 fully saturated rings. The van der Waals surface area contributed by atoms with Crippen molar-refractivity contribution >= 4 is 0 Å². The summed E-state index contributed by atoms with van der Waals surface area (Å²) in [6, 6.07) is 13.7. The molecule has 2 rings (SSSR count). The maximum atomic E-state index is 9.99. The zero-order valence-corrected chi connectivity index (χ0v) is 13.8. The summed E-state index contributed by atoms with van der Waals surface area (Å²) in [4.78, 5) is 2.16. The first kappa shape index (κ1) is 17.7. The minimum absolute atomic E-state index is 0.00729. The van der Waals surface area contributed by atoms with Crippen LogP contribution >= 0.6 is 0 Å². The first-order chi connectivity index (χ1) is 11.3. The van der Waals surface area contributed by atoms with Crippen molar-refractivity contribution in [2.24, 2.45) is 0 Å². The fourth-order valence-electron chi connectivity index (χ4n) is 3.07. The van der Waals surface area contributed by atoms with E-state index in [2.05, 4.69) is 11.8 Å². The summed E-state index contributed by atoms with van der Waals surface area (Å²) in [5, 5.41) is 19.5. The highest BCUT2D eigenvalue weighted by molar-refractivity contribution is 5.20. The number of unbranched alkanes of at least 4 members (excludes halogenated alkanes) is 1. The van der Waals surface area contributed by atoms with E-state index in [1.165, 1.54) is 0 Å². The normalized spacial score (nSPS) is 14.1. The Labute approximate surface area is 138 Å². The van der Waals surface area contributed by atoms with Gasteiger partial charge < -0.3 is 14.6 Å². The summed E-state index contributed by atoms with van der Waals surface area (Å²) < 4.78 is 5.65. The van der Waals surface area contributed by atoms with E-state index in [1.807, 2.05) is 42.5 Å². The maximum Gasteiger partial charge on any atom is 0.120 e. The first-order valence-corrected chi connectivity index (χ1v) is 8.37. The Hall–Kier alpha value is -1.62. The van der Waals surface area contributed by atoms with Gasteiger partial charge in [0.25, 0.3) is 0 Å². The van der Waals surface area contributed by atoms with Crippen LogP contribution in [-0.2, 0) is 0 Å². The topological polar surface area (TPSA) is 56.8 Å². The Morgan fingerprint density at radius 1 is 1.04 bits per heavy atom. The molecule has 0 aliphatic carbocycles. The van der Waals surface area contributed by atoms with E-state index in [9.17, 15) is 10.2 Å². The average molecular weight is 317 g/mol. The van der Waals surface area contributed by atoms with Gasteiger partial charge in [0.1, 0.15) is 5.76 Å². The van der Waals surface area contributed by atoms with E-state index in [-0.39, 0.29) is 25.3 Å². The van der Waals surface area contributed by atoms with Crippen LogP contribution in [0.3, 0.4) is 0 Å². The second-order valence-corrected chi connectivity index (χ2v) is 5.74. The van der Waals surface area contributed by atoms with E-state index >= 15 is 0 Å². The molecule has 0 bridgehead atoms. The molecule has 0 saturated carbocycles. The van der Waals surface area contributed by atoms with Crippen molar-refractivity contribution in [3.8, 4) is 0 Å². The minimum Gasteiger partial charge on any atom is -0.468 e. The molecule has 0 radical (unpaired) electrons. The number of hydrogen-bond donors (Lipinski definition) is 2. The van der Waals surface area contributed by atoms with E-state index in [0.717, 1.165) is 30.6 Å². The molecule has 4 heteroatoms. The molecule has 0 amide bonds. The van der Waals surface area contributed by atoms with Crippen molar-refractivity contribution in [3.05, 3.63) is 60.1 Å². The van der Waals surface area contributed by atoms with Crippen LogP contribution in [0.25, 0.3) is 0 Å². The predicted molar refractivity (Wildman–Crippen MR) is 91.0 cm³/mol. The lowest BCUT2D eigenvalue weighted by molar-refractivity contribution is 0.0501. The van der Waals surface area contributed by atoms with Crippen LogP contribution in [0.5, 0.6) is 0 Å². The van der Waals surface area contributed by atoms with Gasteiger partial charge in [0.05, 0.1) is 31.6 Å². The highest BCUT2D eigenvalue weighted by Crippen LogP contribution is 2.34. The molecule has 126 valence electrons. The first-order valence-electron chi connectivity index (χ1n) is 8.37. The quantitative estimate of drug-likeness (QED) is 0.704. The zero-order chi connectivity index (χ0) is 16.5. The van der Waals surface area contributed by atoms with Gasteiger partial charge in [-0.25, -0.2) is 0 Å². The number of benzene rings is 1. The van der Waals surface area contributed by atoms with Crippen LogP contribution in [0.4, 0.5) is 0 Å². The molecule has 2 atom stereocenters. The summed E-state index contributed by atoms with van der Waals surface area (Å²) in [5.74, 6) is 0.890. The van der Waals surface area contributed by atoms with Crippen molar-refractivity contribution < 1.29 is 14.6 Å². The number of nitrogens with zero attached hydrogens (tertiary/aromatic N) is 1. The standard InChI is InChI=1S/C19H27NO3/c1-2-3-10-17(19-11-7-14-23-19)20(12-13-21)18(15-22)16-8-5-4-6-9-16/h4-9,11,14,17-18,21-22H,2-3,10,12-13,15H2,1H3/t17-,18-/m1/s1. The van der Waals surface area contributed by atoms with Crippen molar-refractivity contribution in [2.45, 2.75) is 38.3 Å². The predicted octanol–water partition coefficient (Wildman–Crippen LogP) is 3.54. The molecule has 0 aliphatic heterocycles. The largest absolute Gasteiger partial charge is 0.468 e. The molecule has 0 aliphatic rings. The van der Waals surface area contributed by atoms with Gasteiger partial charge in [0.2, 0.25) is 0 Å². The van der Waals surface area contributed by atoms with Gasteiger partial charge in [0, 0.05) is 6.54 Å². The van der Waals surface area contributed by atoms with Gasteiger partial charge in [-0.05, 0) is 24.1 Å². The third-order valence-corrected chi connectivity index (χ3v) is 4.22. The fourth-order valence-corrected chi connectivity index (χ4v) is 3.07. The number of rotatable bonds is 10. The van der Waals surface area contributed by atoms with Gasteiger partial charge in [-0.1, -0.05) is 50.1 Å². The average Bonchev–Trinajstić information content (AvgIpc) is 3.11. The molecule has 4 nitrogen and oxygen atoms in total. The fraction of sp³-hybridized carbons (Fsp3) is 0.474. The lowest BCUT2D eigenvalue weighted by atomic mass is 9.99. The van der Waals surface area contributed by atoms with Gasteiger partial charge in [-0.3, -0.25) is 4.90 Å². The third-order valence-electron chi connectivity index (χ3n) is 4.22. The highest BCUT2D eigenvalue weighted by atomic mass is 16.3. The maximum absolute atomic E-state index is 9.99. The minimum atomic E-state index is -0.157. The van der Waals surface area contributed by atoms with Gasteiger partial charge in [0.15, 0.2) is 0 Å². The lowest BCUT2D eigenvalue weighted by Crippen LogP contribution is -2.37. The zero-order valence-electron chi connectivity index (χ0n) is 13.8. The van der Waals surface area contributed by atoms with Crippen LogP contribution in [0, 0.1) is 0 Å². The molecule has 0 spiro atoms. The van der Waals surface area contributed by atoms with Gasteiger partial charge in [-0.2, -0.15) is 0 Å².